The molecule has 0 saturated carbocycles. The Hall–Kier alpha value is -0.214. The van der Waals surface area contributed by atoms with Crippen LogP contribution >= 0.6 is 28.3 Å². The van der Waals surface area contributed by atoms with E-state index in [0.29, 0.717) is 0 Å². The first kappa shape index (κ1) is 31.0. The van der Waals surface area contributed by atoms with Crippen LogP contribution in [0.3, 0.4) is 0 Å². The van der Waals surface area contributed by atoms with Gasteiger partial charge in [0.1, 0.15) is 0 Å². The third-order valence-electron chi connectivity index (χ3n) is 7.12. The van der Waals surface area contributed by atoms with Crippen molar-refractivity contribution in [3.63, 3.8) is 0 Å². The number of hydrogen-bond acceptors (Lipinski definition) is 3. The van der Waals surface area contributed by atoms with Crippen LogP contribution in [0.25, 0.3) is 0 Å². The van der Waals surface area contributed by atoms with Crippen LogP contribution in [0.1, 0.15) is 105 Å². The van der Waals surface area contributed by atoms with Crippen molar-refractivity contribution in [2.75, 3.05) is 13.1 Å². The summed E-state index contributed by atoms with van der Waals surface area (Å²) in [5.41, 5.74) is 24.9. The molecule has 2 aromatic rings. The number of nitrogens with two attached hydrogens (primary N) is 2. The van der Waals surface area contributed by atoms with Crippen LogP contribution in [0.2, 0.25) is 0 Å². The first-order chi connectivity index (χ1) is 16.7. The average molecular weight is 655 g/mol. The molecule has 0 amide bonds. The zero-order valence-electron chi connectivity index (χ0n) is 22.5. The number of aryl methyl sites for hydroxylation is 6. The Morgan fingerprint density at radius 2 is 1.03 bits per heavy atom. The normalized spacial score (nSPS) is 13.9. The molecule has 0 bridgehead atoms. The fourth-order valence-electron chi connectivity index (χ4n) is 5.14. The molecule has 0 fully saturated rings. The monoisotopic (exact) mass is 653 g/mol. The van der Waals surface area contributed by atoms with Crippen molar-refractivity contribution in [2.24, 2.45) is 11.5 Å². The van der Waals surface area contributed by atoms with Gasteiger partial charge in [-0.25, -0.2) is 0 Å². The van der Waals surface area contributed by atoms with E-state index in [1.54, 1.807) is 0 Å². The zero-order valence-corrected chi connectivity index (χ0v) is 26.7. The third kappa shape index (κ3) is 8.13. The van der Waals surface area contributed by atoms with Crippen LogP contribution in [0.5, 0.6) is 0 Å². The number of halogens is 2. The number of benzene rings is 2. The molecule has 6 heteroatoms. The van der Waals surface area contributed by atoms with Gasteiger partial charge in [0.2, 0.25) is 0 Å². The molecular formula is C29H46Br2CoN3. The molecule has 200 valence electrons. The number of rotatable bonds is 14. The first-order valence-electron chi connectivity index (χ1n) is 13.3. The van der Waals surface area contributed by atoms with E-state index in [2.05, 4.69) is 98.1 Å². The Morgan fingerprint density at radius 1 is 0.657 bits per heavy atom. The van der Waals surface area contributed by atoms with Gasteiger partial charge in [0, 0.05) is 0 Å². The summed E-state index contributed by atoms with van der Waals surface area (Å²) >= 11 is 7.65. The van der Waals surface area contributed by atoms with Crippen molar-refractivity contribution >= 4 is 28.3 Å². The standard InChI is InChI=1S/C29H46N3.2BrH.Co/c1-7-20-15-22(9-3)28(23(10-4)16-20)26(30)13-14-32-19-27(31)29-24(11-5)17-21(8-2)18-25(29)12-6;;;/h15-18,26-27H,7-14,19,30-31H2,1-6H3;2*1H;/q-1;;;+3/p-2. The van der Waals surface area contributed by atoms with Crippen LogP contribution in [0.15, 0.2) is 24.3 Å². The fourth-order valence-corrected chi connectivity index (χ4v) is 7.57. The summed E-state index contributed by atoms with van der Waals surface area (Å²) in [4.78, 5) is 0. The Labute approximate surface area is 233 Å². The molecule has 0 aliphatic carbocycles. The van der Waals surface area contributed by atoms with Crippen LogP contribution in [-0.4, -0.2) is 17.0 Å². The quantitative estimate of drug-likeness (QED) is 0.221. The molecule has 0 saturated heterocycles. The zero-order chi connectivity index (χ0) is 26.1. The molecule has 3 nitrogen and oxygen atoms in total. The molecule has 2 rings (SSSR count). The van der Waals surface area contributed by atoms with E-state index in [1.165, 1.54) is 44.5 Å². The van der Waals surface area contributed by atoms with Gasteiger partial charge in [-0.1, -0.05) is 0 Å². The molecule has 0 spiro atoms. The van der Waals surface area contributed by atoms with Crippen molar-refractivity contribution in [2.45, 2.75) is 98.6 Å². The van der Waals surface area contributed by atoms with Crippen LogP contribution in [0.4, 0.5) is 0 Å². The summed E-state index contributed by atoms with van der Waals surface area (Å²) in [6, 6.07) is 9.45. The van der Waals surface area contributed by atoms with E-state index in [0.717, 1.165) is 58.0 Å². The Balaban J connectivity index is 2.25. The molecule has 0 heterocycles. The molecular weight excluding hydrogens is 609 g/mol. The van der Waals surface area contributed by atoms with Crippen LogP contribution in [-0.2, 0) is 48.8 Å². The number of nitrogens with zero attached hydrogens (tertiary/aromatic N) is 1. The van der Waals surface area contributed by atoms with E-state index < -0.39 is 10.3 Å². The van der Waals surface area contributed by atoms with Gasteiger partial charge in [-0.2, -0.15) is 0 Å². The second-order valence-corrected chi connectivity index (χ2v) is 17.5. The molecule has 35 heavy (non-hydrogen) atoms. The molecule has 2 aromatic carbocycles. The van der Waals surface area contributed by atoms with Gasteiger partial charge in [-0.15, -0.1) is 0 Å². The molecule has 0 radical (unpaired) electrons. The van der Waals surface area contributed by atoms with Gasteiger partial charge >= 0.3 is 234 Å². The molecule has 0 aliphatic heterocycles. The van der Waals surface area contributed by atoms with Gasteiger partial charge in [-0.3, -0.25) is 0 Å². The minimum absolute atomic E-state index is 0.0252. The predicted molar refractivity (Wildman–Crippen MR) is 157 cm³/mol. The summed E-state index contributed by atoms with van der Waals surface area (Å²) in [5, 5.41) is 0. The van der Waals surface area contributed by atoms with Gasteiger partial charge in [0.15, 0.2) is 0 Å². The Bertz CT molecular complexity index is 898. The van der Waals surface area contributed by atoms with E-state index in [-0.39, 0.29) is 12.1 Å². The van der Waals surface area contributed by atoms with Crippen molar-refractivity contribution in [1.29, 1.82) is 0 Å². The van der Waals surface area contributed by atoms with E-state index >= 15 is 0 Å². The van der Waals surface area contributed by atoms with Gasteiger partial charge in [0.25, 0.3) is 0 Å². The Kier molecular flexibility index (Phi) is 13.5. The van der Waals surface area contributed by atoms with Crippen molar-refractivity contribution < 1.29 is 10.3 Å². The average Bonchev–Trinajstić information content (AvgIpc) is 2.88. The van der Waals surface area contributed by atoms with Gasteiger partial charge < -0.3 is 0 Å². The van der Waals surface area contributed by atoms with Crippen molar-refractivity contribution in [3.8, 4) is 0 Å². The Morgan fingerprint density at radius 3 is 1.34 bits per heavy atom. The van der Waals surface area contributed by atoms with Crippen LogP contribution in [0, 0.1) is 0 Å². The van der Waals surface area contributed by atoms with Crippen molar-refractivity contribution in [3.05, 3.63) is 68.8 Å². The molecule has 4 N–H and O–H groups in total. The summed E-state index contributed by atoms with van der Waals surface area (Å²) in [7, 11) is -0.607. The second kappa shape index (κ2) is 15.3. The minimum atomic E-state index is -0.607. The maximum atomic E-state index is 6.91. The molecule has 0 aliphatic rings. The maximum absolute atomic E-state index is 6.91. The van der Waals surface area contributed by atoms with Crippen LogP contribution < -0.4 is 11.5 Å². The molecule has 0 aromatic heterocycles. The second-order valence-electron chi connectivity index (χ2n) is 9.28. The fraction of sp³-hybridized carbons (Fsp3) is 0.586. The summed E-state index contributed by atoms with van der Waals surface area (Å²) in [6.45, 7) is 15.1. The molecule has 2 unspecified atom stereocenters. The predicted octanol–water partition coefficient (Wildman–Crippen LogP) is 7.61. The van der Waals surface area contributed by atoms with E-state index in [9.17, 15) is 0 Å². The first-order valence-corrected chi connectivity index (χ1v) is 18.9. The summed E-state index contributed by atoms with van der Waals surface area (Å²) < 4.78 is 2.43. The summed E-state index contributed by atoms with van der Waals surface area (Å²) in [6.07, 6.45) is 7.11. The van der Waals surface area contributed by atoms with E-state index in [4.69, 9.17) is 11.5 Å². The SMILES string of the molecule is CCc1cc(CC)c(C(N)CC[N](CC(N)c2c(CC)cc(CC)cc2CC)[Co]([Br])[Br])c(CC)c1. The third-order valence-corrected chi connectivity index (χ3v) is 10.8. The summed E-state index contributed by atoms with van der Waals surface area (Å²) in [5.74, 6) is 0. The van der Waals surface area contributed by atoms with Gasteiger partial charge in [-0.05, 0) is 0 Å². The number of hydrogen-bond donors (Lipinski definition) is 2. The van der Waals surface area contributed by atoms with Gasteiger partial charge in [0.05, 0.1) is 0 Å². The van der Waals surface area contributed by atoms with Crippen molar-refractivity contribution in [1.82, 2.24) is 3.95 Å². The van der Waals surface area contributed by atoms with E-state index in [1.807, 2.05) is 0 Å². The topological polar surface area (TPSA) is 55.3 Å². The molecule has 2 atom stereocenters.